The molecule has 0 spiro atoms. The molecule has 6 heteroatoms. The normalized spacial score (nSPS) is 17.1. The molecular formula is C20H19ClFNO3. The summed E-state index contributed by atoms with van der Waals surface area (Å²) in [6, 6.07) is 11.7. The number of carbonyl (C=O) groups is 2. The topological polar surface area (TPSA) is 55.4 Å². The van der Waals surface area contributed by atoms with Gasteiger partial charge in [0.2, 0.25) is 0 Å². The van der Waals surface area contributed by atoms with Gasteiger partial charge in [-0.2, -0.15) is 0 Å². The standard InChI is InChI=1S/C20H19ClFNO3/c1-12(26-20(25)18-15(21)9-5-10-16(18)22)19(24)23-17-11-4-7-13-6-2-3-8-14(13)17/h2-3,5-6,8-10,12,17H,4,7,11H2,1H3,(H,23,24). The van der Waals surface area contributed by atoms with Crippen LogP contribution in [0.25, 0.3) is 0 Å². The number of aryl methyl sites for hydroxylation is 1. The zero-order chi connectivity index (χ0) is 18.7. The van der Waals surface area contributed by atoms with E-state index in [-0.39, 0.29) is 16.6 Å². The number of nitrogens with one attached hydrogen (secondary N) is 1. The number of amides is 1. The summed E-state index contributed by atoms with van der Waals surface area (Å²) >= 11 is 5.86. The van der Waals surface area contributed by atoms with Gasteiger partial charge in [0.05, 0.1) is 11.1 Å². The van der Waals surface area contributed by atoms with Crippen LogP contribution in [-0.2, 0) is 16.0 Å². The maximum Gasteiger partial charge on any atom is 0.343 e. The van der Waals surface area contributed by atoms with Gasteiger partial charge >= 0.3 is 5.97 Å². The Labute approximate surface area is 156 Å². The predicted octanol–water partition coefficient (Wildman–Crippen LogP) is 4.22. The third-order valence-electron chi connectivity index (χ3n) is 4.51. The van der Waals surface area contributed by atoms with Gasteiger partial charge in [0, 0.05) is 0 Å². The summed E-state index contributed by atoms with van der Waals surface area (Å²) in [4.78, 5) is 24.6. The second-order valence-corrected chi connectivity index (χ2v) is 6.70. The van der Waals surface area contributed by atoms with Gasteiger partial charge in [-0.1, -0.05) is 41.9 Å². The molecule has 0 aromatic heterocycles. The number of fused-ring (bicyclic) bond motifs is 1. The number of esters is 1. The third kappa shape index (κ3) is 3.88. The molecular weight excluding hydrogens is 357 g/mol. The molecule has 0 saturated heterocycles. The van der Waals surface area contributed by atoms with Crippen molar-refractivity contribution in [3.05, 3.63) is 70.0 Å². The van der Waals surface area contributed by atoms with Gasteiger partial charge in [0.25, 0.3) is 5.91 Å². The zero-order valence-electron chi connectivity index (χ0n) is 14.3. The highest BCUT2D eigenvalue weighted by atomic mass is 35.5. The van der Waals surface area contributed by atoms with Crippen LogP contribution in [0.15, 0.2) is 42.5 Å². The second-order valence-electron chi connectivity index (χ2n) is 6.30. The van der Waals surface area contributed by atoms with Gasteiger partial charge in [-0.25, -0.2) is 9.18 Å². The predicted molar refractivity (Wildman–Crippen MR) is 96.6 cm³/mol. The van der Waals surface area contributed by atoms with Crippen molar-refractivity contribution in [2.75, 3.05) is 0 Å². The molecule has 4 nitrogen and oxygen atoms in total. The lowest BCUT2D eigenvalue weighted by molar-refractivity contribution is -0.130. The van der Waals surface area contributed by atoms with Crippen molar-refractivity contribution in [2.45, 2.75) is 38.3 Å². The molecule has 26 heavy (non-hydrogen) atoms. The van der Waals surface area contributed by atoms with Crippen molar-refractivity contribution in [2.24, 2.45) is 0 Å². The molecule has 136 valence electrons. The van der Waals surface area contributed by atoms with Gasteiger partial charge in [0.1, 0.15) is 11.4 Å². The summed E-state index contributed by atoms with van der Waals surface area (Å²) in [5.74, 6) is -2.16. The quantitative estimate of drug-likeness (QED) is 0.814. The summed E-state index contributed by atoms with van der Waals surface area (Å²) in [5, 5.41) is 2.87. The molecule has 0 radical (unpaired) electrons. The van der Waals surface area contributed by atoms with Gasteiger partial charge < -0.3 is 10.1 Å². The van der Waals surface area contributed by atoms with Gasteiger partial charge in [-0.3, -0.25) is 4.79 Å². The zero-order valence-corrected chi connectivity index (χ0v) is 15.1. The fraction of sp³-hybridized carbons (Fsp3) is 0.300. The van der Waals surface area contributed by atoms with Gasteiger partial charge in [-0.05, 0) is 49.4 Å². The molecule has 0 aliphatic heterocycles. The molecule has 0 heterocycles. The number of hydrogen-bond donors (Lipinski definition) is 1. The Bertz CT molecular complexity index is 819. The van der Waals surface area contributed by atoms with E-state index in [0.717, 1.165) is 30.9 Å². The SMILES string of the molecule is CC(OC(=O)c1c(F)cccc1Cl)C(=O)NC1CCCc2ccccc21. The monoisotopic (exact) mass is 375 g/mol. The number of ether oxygens (including phenoxy) is 1. The van der Waals surface area contributed by atoms with Crippen LogP contribution in [0.5, 0.6) is 0 Å². The molecule has 1 aliphatic rings. The van der Waals surface area contributed by atoms with E-state index in [2.05, 4.69) is 11.4 Å². The van der Waals surface area contributed by atoms with Crippen molar-refractivity contribution in [3.63, 3.8) is 0 Å². The van der Waals surface area contributed by atoms with E-state index < -0.39 is 23.8 Å². The Kier molecular flexibility index (Phi) is 5.57. The Hall–Kier alpha value is -2.40. The molecule has 2 unspecified atom stereocenters. The molecule has 1 N–H and O–H groups in total. The van der Waals surface area contributed by atoms with Crippen molar-refractivity contribution in [1.82, 2.24) is 5.32 Å². The van der Waals surface area contributed by atoms with Crippen LogP contribution in [-0.4, -0.2) is 18.0 Å². The molecule has 2 aromatic rings. The molecule has 1 amide bonds. The average Bonchev–Trinajstić information content (AvgIpc) is 2.61. The summed E-state index contributed by atoms with van der Waals surface area (Å²) in [7, 11) is 0. The Morgan fingerprint density at radius 3 is 2.77 bits per heavy atom. The van der Waals surface area contributed by atoms with E-state index in [0.29, 0.717) is 0 Å². The number of carbonyl (C=O) groups excluding carboxylic acids is 2. The number of benzene rings is 2. The summed E-state index contributed by atoms with van der Waals surface area (Å²) in [6.45, 7) is 1.46. The van der Waals surface area contributed by atoms with E-state index in [9.17, 15) is 14.0 Å². The van der Waals surface area contributed by atoms with Crippen LogP contribution in [0, 0.1) is 5.82 Å². The van der Waals surface area contributed by atoms with Crippen molar-refractivity contribution >= 4 is 23.5 Å². The van der Waals surface area contributed by atoms with Crippen LogP contribution >= 0.6 is 11.6 Å². The minimum absolute atomic E-state index is 0.0520. The van der Waals surface area contributed by atoms with Crippen LogP contribution in [0.1, 0.15) is 47.3 Å². The highest BCUT2D eigenvalue weighted by molar-refractivity contribution is 6.33. The Morgan fingerprint density at radius 1 is 1.23 bits per heavy atom. The first-order valence-corrected chi connectivity index (χ1v) is 8.88. The fourth-order valence-electron chi connectivity index (χ4n) is 3.16. The molecule has 0 bridgehead atoms. The number of halogens is 2. The van der Waals surface area contributed by atoms with Crippen LogP contribution in [0.2, 0.25) is 5.02 Å². The lowest BCUT2D eigenvalue weighted by atomic mass is 9.87. The summed E-state index contributed by atoms with van der Waals surface area (Å²) in [5.41, 5.74) is 1.94. The highest BCUT2D eigenvalue weighted by Gasteiger charge is 2.27. The molecule has 1 aliphatic carbocycles. The Balaban J connectivity index is 1.67. The first kappa shape index (κ1) is 18.4. The van der Waals surface area contributed by atoms with E-state index in [1.165, 1.54) is 24.6 Å². The second kappa shape index (κ2) is 7.87. The van der Waals surface area contributed by atoms with Crippen molar-refractivity contribution in [3.8, 4) is 0 Å². The maximum atomic E-state index is 13.8. The largest absolute Gasteiger partial charge is 0.449 e. The molecule has 2 atom stereocenters. The smallest absolute Gasteiger partial charge is 0.343 e. The highest BCUT2D eigenvalue weighted by Crippen LogP contribution is 2.29. The molecule has 2 aromatic carbocycles. The summed E-state index contributed by atoms with van der Waals surface area (Å²) < 4.78 is 18.9. The minimum Gasteiger partial charge on any atom is -0.449 e. The van der Waals surface area contributed by atoms with Crippen LogP contribution < -0.4 is 5.32 Å². The third-order valence-corrected chi connectivity index (χ3v) is 4.82. The maximum absolute atomic E-state index is 13.8. The minimum atomic E-state index is -1.06. The molecule has 0 saturated carbocycles. The van der Waals surface area contributed by atoms with Crippen molar-refractivity contribution in [1.29, 1.82) is 0 Å². The lowest BCUT2D eigenvalue weighted by Crippen LogP contribution is -2.39. The van der Waals surface area contributed by atoms with E-state index in [1.807, 2.05) is 18.2 Å². The van der Waals surface area contributed by atoms with Gasteiger partial charge in [-0.15, -0.1) is 0 Å². The lowest BCUT2D eigenvalue weighted by Gasteiger charge is -2.27. The number of hydrogen-bond acceptors (Lipinski definition) is 3. The first-order chi connectivity index (χ1) is 12.5. The van der Waals surface area contributed by atoms with E-state index in [1.54, 1.807) is 0 Å². The fourth-order valence-corrected chi connectivity index (χ4v) is 3.40. The first-order valence-electron chi connectivity index (χ1n) is 8.50. The van der Waals surface area contributed by atoms with Crippen LogP contribution in [0.3, 0.4) is 0 Å². The summed E-state index contributed by atoms with van der Waals surface area (Å²) in [6.07, 6.45) is 1.72. The number of rotatable bonds is 4. The van der Waals surface area contributed by atoms with Gasteiger partial charge in [0.15, 0.2) is 6.10 Å². The molecule has 3 rings (SSSR count). The molecule has 0 fully saturated rings. The van der Waals surface area contributed by atoms with Crippen molar-refractivity contribution < 1.29 is 18.7 Å². The average molecular weight is 376 g/mol. The van der Waals surface area contributed by atoms with Crippen LogP contribution in [0.4, 0.5) is 4.39 Å². The van der Waals surface area contributed by atoms with E-state index >= 15 is 0 Å². The Morgan fingerprint density at radius 2 is 2.00 bits per heavy atom. The van der Waals surface area contributed by atoms with E-state index in [4.69, 9.17) is 16.3 Å².